The molecule has 0 atom stereocenters. The molecule has 0 aliphatic carbocycles. The molecule has 0 spiro atoms. The van der Waals surface area contributed by atoms with Gasteiger partial charge >= 0.3 is 0 Å². The third-order valence-corrected chi connectivity index (χ3v) is 5.48. The molecule has 2 aromatic carbocycles. The van der Waals surface area contributed by atoms with Crippen molar-refractivity contribution in [3.8, 4) is 10.6 Å². The van der Waals surface area contributed by atoms with E-state index in [9.17, 15) is 4.79 Å². The van der Waals surface area contributed by atoms with Gasteiger partial charge in [0.2, 0.25) is 0 Å². The van der Waals surface area contributed by atoms with Crippen LogP contribution in [0.1, 0.15) is 27.0 Å². The first-order chi connectivity index (χ1) is 13.0. The number of anilines is 1. The number of hydrogen-bond donors (Lipinski definition) is 1. The van der Waals surface area contributed by atoms with Crippen LogP contribution in [0, 0.1) is 20.8 Å². The topological polar surface area (TPSA) is 54.9 Å². The molecule has 0 aliphatic rings. The van der Waals surface area contributed by atoms with E-state index < -0.39 is 0 Å². The Labute approximate surface area is 161 Å². The number of aryl methyl sites for hydroxylation is 2. The predicted molar refractivity (Wildman–Crippen MR) is 111 cm³/mol. The van der Waals surface area contributed by atoms with Gasteiger partial charge in [-0.05, 0) is 56.7 Å². The number of pyridine rings is 1. The molecule has 0 fully saturated rings. The lowest BCUT2D eigenvalue weighted by molar-refractivity contribution is 0.102. The molecule has 1 amide bonds. The first kappa shape index (κ1) is 17.4. The van der Waals surface area contributed by atoms with Crippen molar-refractivity contribution < 1.29 is 4.79 Å². The maximum absolute atomic E-state index is 12.7. The van der Waals surface area contributed by atoms with Gasteiger partial charge in [0.1, 0.15) is 15.4 Å². The third-order valence-electron chi connectivity index (χ3n) is 4.46. The number of amides is 1. The fraction of sp³-hybridized carbons (Fsp3) is 0.136. The van der Waals surface area contributed by atoms with Crippen LogP contribution in [-0.4, -0.2) is 15.9 Å². The van der Waals surface area contributed by atoms with Crippen LogP contribution < -0.4 is 5.32 Å². The van der Waals surface area contributed by atoms with Crippen molar-refractivity contribution in [1.82, 2.24) is 9.97 Å². The van der Waals surface area contributed by atoms with Gasteiger partial charge in [0.05, 0.1) is 0 Å². The molecular formula is C22H19N3OS. The number of carbonyl (C=O) groups excluding carboxylic acids is 1. The number of nitrogens with zero attached hydrogens (tertiary/aromatic N) is 2. The average Bonchev–Trinajstić information content (AvgIpc) is 3.06. The smallest absolute Gasteiger partial charge is 0.255 e. The summed E-state index contributed by atoms with van der Waals surface area (Å²) in [6.07, 6.45) is 1.78. The van der Waals surface area contributed by atoms with Crippen molar-refractivity contribution in [1.29, 1.82) is 0 Å². The minimum atomic E-state index is -0.104. The first-order valence-electron chi connectivity index (χ1n) is 8.72. The maximum Gasteiger partial charge on any atom is 0.255 e. The predicted octanol–water partition coefficient (Wildman–Crippen LogP) is 5.54. The van der Waals surface area contributed by atoms with Crippen molar-refractivity contribution in [3.63, 3.8) is 0 Å². The van der Waals surface area contributed by atoms with E-state index in [2.05, 4.69) is 21.4 Å². The van der Waals surface area contributed by atoms with E-state index in [0.717, 1.165) is 43.3 Å². The third kappa shape index (κ3) is 3.46. The monoisotopic (exact) mass is 373 g/mol. The van der Waals surface area contributed by atoms with Crippen molar-refractivity contribution in [2.75, 3.05) is 5.32 Å². The molecule has 2 aromatic heterocycles. The van der Waals surface area contributed by atoms with Crippen LogP contribution in [0.2, 0.25) is 0 Å². The highest BCUT2D eigenvalue weighted by Gasteiger charge is 2.14. The van der Waals surface area contributed by atoms with E-state index in [1.54, 1.807) is 17.5 Å². The molecular weight excluding hydrogens is 354 g/mol. The summed E-state index contributed by atoms with van der Waals surface area (Å²) in [4.78, 5) is 22.7. The summed E-state index contributed by atoms with van der Waals surface area (Å²) in [6.45, 7) is 6.00. The lowest BCUT2D eigenvalue weighted by Crippen LogP contribution is -2.13. The second-order valence-corrected chi connectivity index (χ2v) is 7.63. The fourth-order valence-electron chi connectivity index (χ4n) is 3.19. The lowest BCUT2D eigenvalue weighted by atomic mass is 10.0. The number of aromatic nitrogens is 2. The summed E-state index contributed by atoms with van der Waals surface area (Å²) in [6, 6.07) is 15.6. The molecule has 0 saturated heterocycles. The number of carbonyl (C=O) groups is 1. The second-order valence-electron chi connectivity index (χ2n) is 6.66. The van der Waals surface area contributed by atoms with E-state index in [-0.39, 0.29) is 5.91 Å². The molecule has 5 heteroatoms. The zero-order valence-electron chi connectivity index (χ0n) is 15.4. The summed E-state index contributed by atoms with van der Waals surface area (Å²) in [5.41, 5.74) is 6.51. The van der Waals surface area contributed by atoms with Crippen molar-refractivity contribution in [2.24, 2.45) is 0 Å². The molecule has 0 aliphatic heterocycles. The highest BCUT2D eigenvalue weighted by molar-refractivity contribution is 7.21. The number of rotatable bonds is 3. The Bertz CT molecular complexity index is 1110. The summed E-state index contributed by atoms with van der Waals surface area (Å²) < 4.78 is 0. The zero-order chi connectivity index (χ0) is 19.0. The molecule has 27 heavy (non-hydrogen) atoms. The summed E-state index contributed by atoms with van der Waals surface area (Å²) in [7, 11) is 0. The van der Waals surface area contributed by atoms with Crippen molar-refractivity contribution in [3.05, 3.63) is 77.0 Å². The van der Waals surface area contributed by atoms with Gasteiger partial charge in [-0.25, -0.2) is 9.97 Å². The summed E-state index contributed by atoms with van der Waals surface area (Å²) in [5.74, 6) is -0.104. The number of benzene rings is 2. The number of nitrogens with one attached hydrogen (secondary N) is 1. The molecule has 4 aromatic rings. The largest absolute Gasteiger partial charge is 0.322 e. The van der Waals surface area contributed by atoms with Gasteiger partial charge in [0.25, 0.3) is 5.91 Å². The summed E-state index contributed by atoms with van der Waals surface area (Å²) in [5, 5.41) is 3.95. The van der Waals surface area contributed by atoms with Gasteiger partial charge in [0.15, 0.2) is 0 Å². The van der Waals surface area contributed by atoms with E-state index in [1.807, 2.05) is 63.2 Å². The van der Waals surface area contributed by atoms with Crippen molar-refractivity contribution in [2.45, 2.75) is 20.8 Å². The minimum absolute atomic E-state index is 0.104. The van der Waals surface area contributed by atoms with Crippen LogP contribution in [0.3, 0.4) is 0 Å². The molecule has 1 N–H and O–H groups in total. The Kier molecular flexibility index (Phi) is 4.46. The number of hydrogen-bond acceptors (Lipinski definition) is 4. The second kappa shape index (κ2) is 6.93. The van der Waals surface area contributed by atoms with Crippen LogP contribution in [0.15, 0.2) is 54.7 Å². The Hall–Kier alpha value is -3.05. The van der Waals surface area contributed by atoms with Crippen LogP contribution >= 0.6 is 11.3 Å². The molecule has 0 unspecified atom stereocenters. The molecule has 4 rings (SSSR count). The Morgan fingerprint density at radius 2 is 1.78 bits per heavy atom. The van der Waals surface area contributed by atoms with Gasteiger partial charge in [-0.2, -0.15) is 0 Å². The van der Waals surface area contributed by atoms with Crippen LogP contribution in [-0.2, 0) is 0 Å². The maximum atomic E-state index is 12.7. The molecule has 134 valence electrons. The van der Waals surface area contributed by atoms with E-state index in [0.29, 0.717) is 5.56 Å². The standard InChI is InChI=1S/C22H19N3OS/c1-13-10-14(2)12-16(11-13)20(26)24-18-7-4-6-17(15(18)3)21-25-19-8-5-9-23-22(19)27-21/h4-12H,1-3H3,(H,24,26). The summed E-state index contributed by atoms with van der Waals surface area (Å²) >= 11 is 1.56. The highest BCUT2D eigenvalue weighted by Crippen LogP contribution is 2.33. The molecule has 0 bridgehead atoms. The van der Waals surface area contributed by atoms with Crippen LogP contribution in [0.25, 0.3) is 20.9 Å². The molecule has 4 nitrogen and oxygen atoms in total. The van der Waals surface area contributed by atoms with Gasteiger partial charge in [-0.1, -0.05) is 40.7 Å². The number of fused-ring (bicyclic) bond motifs is 1. The minimum Gasteiger partial charge on any atom is -0.322 e. The first-order valence-corrected chi connectivity index (χ1v) is 9.54. The SMILES string of the molecule is Cc1cc(C)cc(C(=O)Nc2cccc(-c3nc4cccnc4s3)c2C)c1. The van der Waals surface area contributed by atoms with Gasteiger partial charge in [-0.15, -0.1) is 0 Å². The van der Waals surface area contributed by atoms with E-state index in [4.69, 9.17) is 0 Å². The zero-order valence-corrected chi connectivity index (χ0v) is 16.2. The Morgan fingerprint density at radius 3 is 2.52 bits per heavy atom. The highest BCUT2D eigenvalue weighted by atomic mass is 32.1. The fourth-order valence-corrected chi connectivity index (χ4v) is 4.18. The Balaban J connectivity index is 1.68. The average molecular weight is 373 g/mol. The molecule has 0 radical (unpaired) electrons. The lowest BCUT2D eigenvalue weighted by Gasteiger charge is -2.12. The van der Waals surface area contributed by atoms with E-state index >= 15 is 0 Å². The van der Waals surface area contributed by atoms with Crippen LogP contribution in [0.5, 0.6) is 0 Å². The Morgan fingerprint density at radius 1 is 1.00 bits per heavy atom. The van der Waals surface area contributed by atoms with Gasteiger partial charge in [0, 0.05) is 23.0 Å². The quantitative estimate of drug-likeness (QED) is 0.513. The van der Waals surface area contributed by atoms with Gasteiger partial charge < -0.3 is 5.32 Å². The molecule has 2 heterocycles. The van der Waals surface area contributed by atoms with E-state index in [1.165, 1.54) is 0 Å². The van der Waals surface area contributed by atoms with Gasteiger partial charge in [-0.3, -0.25) is 4.79 Å². The van der Waals surface area contributed by atoms with Crippen molar-refractivity contribution >= 4 is 33.3 Å². The molecule has 0 saturated carbocycles. The van der Waals surface area contributed by atoms with Crippen LogP contribution in [0.4, 0.5) is 5.69 Å². The number of thiazole rings is 1. The normalized spacial score (nSPS) is 10.9.